The van der Waals surface area contributed by atoms with Gasteiger partial charge in [-0.2, -0.15) is 0 Å². The normalized spacial score (nSPS) is 14.0. The molecule has 1 amide bonds. The molecule has 1 N–H and O–H groups in total. The number of nitrogens with zero attached hydrogens (tertiary/aromatic N) is 1. The van der Waals surface area contributed by atoms with Gasteiger partial charge in [-0.25, -0.2) is 0 Å². The lowest BCUT2D eigenvalue weighted by atomic mass is 10.0. The number of benzene rings is 2. The fraction of sp³-hybridized carbons (Fsp3) is 0.381. The molecule has 132 valence electrons. The van der Waals surface area contributed by atoms with Crippen LogP contribution in [0, 0.1) is 0 Å². The largest absolute Gasteiger partial charge is 0.483 e. The van der Waals surface area contributed by atoms with Crippen molar-refractivity contribution in [3.05, 3.63) is 54.1 Å². The molecule has 0 aromatic heterocycles. The van der Waals surface area contributed by atoms with Crippen LogP contribution in [-0.2, 0) is 4.79 Å². The van der Waals surface area contributed by atoms with E-state index in [1.165, 1.54) is 18.5 Å². The summed E-state index contributed by atoms with van der Waals surface area (Å²) >= 11 is 0. The Morgan fingerprint density at radius 1 is 1.08 bits per heavy atom. The second-order valence-corrected chi connectivity index (χ2v) is 6.77. The Kier molecular flexibility index (Phi) is 5.59. The van der Waals surface area contributed by atoms with Gasteiger partial charge in [-0.05, 0) is 54.7 Å². The predicted octanol–water partition coefficient (Wildman–Crippen LogP) is 4.43. The van der Waals surface area contributed by atoms with Crippen molar-refractivity contribution in [2.24, 2.45) is 0 Å². The summed E-state index contributed by atoms with van der Waals surface area (Å²) in [5.41, 5.74) is 3.14. The van der Waals surface area contributed by atoms with Crippen LogP contribution < -0.4 is 15.0 Å². The van der Waals surface area contributed by atoms with Crippen LogP contribution in [0.3, 0.4) is 0 Å². The molecule has 0 saturated carbocycles. The summed E-state index contributed by atoms with van der Waals surface area (Å²) in [6, 6.07) is 15.9. The van der Waals surface area contributed by atoms with E-state index in [2.05, 4.69) is 36.2 Å². The van der Waals surface area contributed by atoms with Gasteiger partial charge in [0.15, 0.2) is 6.61 Å². The lowest BCUT2D eigenvalue weighted by Gasteiger charge is -2.18. The smallest absolute Gasteiger partial charge is 0.262 e. The van der Waals surface area contributed by atoms with Crippen molar-refractivity contribution < 1.29 is 9.53 Å². The number of amides is 1. The molecule has 1 aliphatic rings. The maximum absolute atomic E-state index is 12.2. The number of anilines is 2. The molecule has 0 radical (unpaired) electrons. The summed E-state index contributed by atoms with van der Waals surface area (Å²) in [5.74, 6) is 0.988. The average molecular weight is 338 g/mol. The minimum atomic E-state index is -0.146. The standard InChI is InChI=1S/C21H26N2O2/c1-16(2)19-7-3-4-8-20(19)25-15-21(24)22-17-9-11-18(12-10-17)23-13-5-6-14-23/h3-4,7-12,16H,5-6,13-15H2,1-2H3,(H,22,24). The number of hydrogen-bond acceptors (Lipinski definition) is 3. The van der Waals surface area contributed by atoms with Gasteiger partial charge in [-0.3, -0.25) is 4.79 Å². The van der Waals surface area contributed by atoms with Crippen LogP contribution in [-0.4, -0.2) is 25.6 Å². The van der Waals surface area contributed by atoms with E-state index in [1.54, 1.807) is 0 Å². The number of carbonyl (C=O) groups excluding carboxylic acids is 1. The molecule has 3 rings (SSSR count). The number of ether oxygens (including phenoxy) is 1. The van der Waals surface area contributed by atoms with Crippen LogP contribution in [0.25, 0.3) is 0 Å². The van der Waals surface area contributed by atoms with Crippen LogP contribution in [0.1, 0.15) is 38.2 Å². The maximum Gasteiger partial charge on any atom is 0.262 e. The number of hydrogen-bond donors (Lipinski definition) is 1. The first-order valence-electron chi connectivity index (χ1n) is 9.00. The second-order valence-electron chi connectivity index (χ2n) is 6.77. The molecule has 1 fully saturated rings. The van der Waals surface area contributed by atoms with Crippen LogP contribution in [0.2, 0.25) is 0 Å². The highest BCUT2D eigenvalue weighted by atomic mass is 16.5. The fourth-order valence-corrected chi connectivity index (χ4v) is 3.16. The topological polar surface area (TPSA) is 41.6 Å². The summed E-state index contributed by atoms with van der Waals surface area (Å²) in [7, 11) is 0. The van der Waals surface area contributed by atoms with Gasteiger partial charge in [0.2, 0.25) is 0 Å². The molecule has 0 unspecified atom stereocenters. The molecular formula is C21H26N2O2. The van der Waals surface area contributed by atoms with Gasteiger partial charge in [-0.15, -0.1) is 0 Å². The average Bonchev–Trinajstić information content (AvgIpc) is 3.15. The van der Waals surface area contributed by atoms with Crippen LogP contribution in [0.5, 0.6) is 5.75 Å². The second kappa shape index (κ2) is 8.06. The quantitative estimate of drug-likeness (QED) is 0.847. The van der Waals surface area contributed by atoms with E-state index in [-0.39, 0.29) is 12.5 Å². The third kappa shape index (κ3) is 4.53. The molecule has 2 aromatic carbocycles. The van der Waals surface area contributed by atoms with E-state index in [0.717, 1.165) is 30.1 Å². The van der Waals surface area contributed by atoms with E-state index in [9.17, 15) is 4.79 Å². The van der Waals surface area contributed by atoms with Crippen molar-refractivity contribution in [2.45, 2.75) is 32.6 Å². The molecule has 0 atom stereocenters. The zero-order valence-corrected chi connectivity index (χ0v) is 15.0. The van der Waals surface area contributed by atoms with Crippen molar-refractivity contribution in [3.63, 3.8) is 0 Å². The van der Waals surface area contributed by atoms with Gasteiger partial charge in [-0.1, -0.05) is 32.0 Å². The monoisotopic (exact) mass is 338 g/mol. The summed E-state index contributed by atoms with van der Waals surface area (Å²) in [6.45, 7) is 6.48. The van der Waals surface area contributed by atoms with E-state index < -0.39 is 0 Å². The highest BCUT2D eigenvalue weighted by Gasteiger charge is 2.12. The minimum Gasteiger partial charge on any atom is -0.483 e. The molecular weight excluding hydrogens is 312 g/mol. The molecule has 4 nitrogen and oxygen atoms in total. The van der Waals surface area contributed by atoms with Gasteiger partial charge in [0, 0.05) is 24.5 Å². The Morgan fingerprint density at radius 3 is 2.44 bits per heavy atom. The lowest BCUT2D eigenvalue weighted by molar-refractivity contribution is -0.118. The van der Waals surface area contributed by atoms with Gasteiger partial charge in [0.05, 0.1) is 0 Å². The zero-order chi connectivity index (χ0) is 17.6. The molecule has 0 spiro atoms. The summed E-state index contributed by atoms with van der Waals surface area (Å²) in [6.07, 6.45) is 2.52. The predicted molar refractivity (Wildman–Crippen MR) is 103 cm³/mol. The van der Waals surface area contributed by atoms with Gasteiger partial charge in [0.25, 0.3) is 5.91 Å². The fourth-order valence-electron chi connectivity index (χ4n) is 3.16. The lowest BCUT2D eigenvalue weighted by Crippen LogP contribution is -2.21. The van der Waals surface area contributed by atoms with E-state index in [0.29, 0.717) is 5.92 Å². The van der Waals surface area contributed by atoms with Crippen LogP contribution >= 0.6 is 0 Å². The third-order valence-electron chi connectivity index (χ3n) is 4.52. The minimum absolute atomic E-state index is 0.0115. The van der Waals surface area contributed by atoms with E-state index >= 15 is 0 Å². The van der Waals surface area contributed by atoms with Crippen molar-refractivity contribution in [1.82, 2.24) is 0 Å². The summed E-state index contributed by atoms with van der Waals surface area (Å²) in [5, 5.41) is 2.90. The Balaban J connectivity index is 1.54. The zero-order valence-electron chi connectivity index (χ0n) is 15.0. The highest BCUT2D eigenvalue weighted by molar-refractivity contribution is 5.92. The molecule has 1 heterocycles. The third-order valence-corrected chi connectivity index (χ3v) is 4.52. The maximum atomic E-state index is 12.2. The molecule has 1 aliphatic heterocycles. The van der Waals surface area contributed by atoms with Crippen LogP contribution in [0.15, 0.2) is 48.5 Å². The van der Waals surface area contributed by atoms with E-state index in [4.69, 9.17) is 4.74 Å². The number of rotatable bonds is 6. The molecule has 0 aliphatic carbocycles. The SMILES string of the molecule is CC(C)c1ccccc1OCC(=O)Nc1ccc(N2CCCC2)cc1. The molecule has 2 aromatic rings. The number of para-hydroxylation sites is 1. The van der Waals surface area contributed by atoms with Crippen molar-refractivity contribution in [3.8, 4) is 5.75 Å². The summed E-state index contributed by atoms with van der Waals surface area (Å²) in [4.78, 5) is 14.5. The van der Waals surface area contributed by atoms with Crippen molar-refractivity contribution >= 4 is 17.3 Å². The molecule has 1 saturated heterocycles. The van der Waals surface area contributed by atoms with Crippen molar-refractivity contribution in [1.29, 1.82) is 0 Å². The summed E-state index contributed by atoms with van der Waals surface area (Å²) < 4.78 is 5.72. The molecule has 4 heteroatoms. The van der Waals surface area contributed by atoms with Crippen molar-refractivity contribution in [2.75, 3.05) is 29.9 Å². The molecule has 0 bridgehead atoms. The highest BCUT2D eigenvalue weighted by Crippen LogP contribution is 2.26. The Labute approximate surface area is 149 Å². The Hall–Kier alpha value is -2.49. The van der Waals surface area contributed by atoms with Gasteiger partial charge < -0.3 is 15.0 Å². The van der Waals surface area contributed by atoms with Gasteiger partial charge in [0.1, 0.15) is 5.75 Å². The Morgan fingerprint density at radius 2 is 1.76 bits per heavy atom. The Bertz CT molecular complexity index is 704. The van der Waals surface area contributed by atoms with Crippen LogP contribution in [0.4, 0.5) is 11.4 Å². The van der Waals surface area contributed by atoms with E-state index in [1.807, 2.05) is 36.4 Å². The first-order valence-corrected chi connectivity index (χ1v) is 9.00. The first kappa shape index (κ1) is 17.3. The number of nitrogens with one attached hydrogen (secondary N) is 1. The van der Waals surface area contributed by atoms with Gasteiger partial charge >= 0.3 is 0 Å². The number of carbonyl (C=O) groups is 1. The first-order chi connectivity index (χ1) is 12.1. The molecule has 25 heavy (non-hydrogen) atoms.